The van der Waals surface area contributed by atoms with E-state index in [0.29, 0.717) is 11.8 Å². The maximum atomic E-state index is 13.0. The maximum Gasteiger partial charge on any atom is 0.296 e. The number of rotatable bonds is 10. The first-order valence-electron chi connectivity index (χ1n) is 18.8. The van der Waals surface area contributed by atoms with Crippen molar-refractivity contribution >= 4 is 26.8 Å². The van der Waals surface area contributed by atoms with Crippen LogP contribution in [0.2, 0.25) is 36.3 Å². The zero-order valence-corrected chi connectivity index (χ0v) is 36.0. The summed E-state index contributed by atoms with van der Waals surface area (Å²) >= 11 is 0. The molecule has 0 radical (unpaired) electrons. The standard InChI is InChI=1S/C41H68O5SSi2/c1-29-17-21-34(22-18-29)47(42,43)44-28-30(2)35-23-24-36-33(16-15-25-41(35,36)10)20-19-32-26-37(45-48(11,12)39(4,5)6)31(3)38(27-32)46-49(13,14)40(7,8)9/h17-22,30,35-38H,3,15-16,23-28H2,1-2,4-14H3/b33-20+/t30-,35+,36-,37+,38+,41+/m0/s1. The van der Waals surface area contributed by atoms with Gasteiger partial charge in [-0.05, 0) is 129 Å². The van der Waals surface area contributed by atoms with Gasteiger partial charge in [0.2, 0.25) is 0 Å². The van der Waals surface area contributed by atoms with E-state index in [2.05, 4.69) is 100 Å². The summed E-state index contributed by atoms with van der Waals surface area (Å²) in [6, 6.07) is 6.92. The van der Waals surface area contributed by atoms with Crippen molar-refractivity contribution < 1.29 is 21.5 Å². The lowest BCUT2D eigenvalue weighted by Crippen LogP contribution is -2.49. The quantitative estimate of drug-likeness (QED) is 0.136. The molecule has 8 heteroatoms. The molecule has 0 spiro atoms. The molecular weight excluding hydrogens is 661 g/mol. The first kappa shape index (κ1) is 40.5. The molecule has 0 saturated heterocycles. The number of aryl methyl sites for hydroxylation is 1. The average Bonchev–Trinajstić information content (AvgIpc) is 3.33. The molecule has 3 saturated carbocycles. The zero-order chi connectivity index (χ0) is 36.8. The highest BCUT2D eigenvalue weighted by Crippen LogP contribution is 2.59. The lowest BCUT2D eigenvalue weighted by atomic mass is 9.61. The molecule has 0 amide bonds. The monoisotopic (exact) mass is 728 g/mol. The Morgan fingerprint density at radius 3 is 1.96 bits per heavy atom. The summed E-state index contributed by atoms with van der Waals surface area (Å²) in [5, 5.41) is 0.232. The third kappa shape index (κ3) is 9.02. The summed E-state index contributed by atoms with van der Waals surface area (Å²) in [4.78, 5) is 0.233. The van der Waals surface area contributed by atoms with Gasteiger partial charge in [0, 0.05) is 0 Å². The SMILES string of the molecule is C=C1[C@H](O[Si](C)(C)C(C)(C)C)CC(=C/C=C2\CCC[C@]3(C)[C@@H]([C@@H](C)COS(=O)(=O)c4ccc(C)cc4)CC[C@@H]23)C[C@H]1O[Si](C)(C)C(C)(C)C. The van der Waals surface area contributed by atoms with Gasteiger partial charge in [-0.15, -0.1) is 0 Å². The molecule has 0 heterocycles. The topological polar surface area (TPSA) is 61.8 Å². The second kappa shape index (κ2) is 14.6. The van der Waals surface area contributed by atoms with Gasteiger partial charge in [0.25, 0.3) is 10.1 Å². The van der Waals surface area contributed by atoms with Gasteiger partial charge in [-0.3, -0.25) is 4.18 Å². The Kier molecular flexibility index (Phi) is 12.1. The number of hydrogen-bond donors (Lipinski definition) is 0. The van der Waals surface area contributed by atoms with E-state index in [9.17, 15) is 8.42 Å². The van der Waals surface area contributed by atoms with Crippen molar-refractivity contribution in [2.45, 2.75) is 161 Å². The largest absolute Gasteiger partial charge is 0.410 e. The molecule has 0 aliphatic heterocycles. The van der Waals surface area contributed by atoms with Crippen LogP contribution in [0.3, 0.4) is 0 Å². The lowest BCUT2D eigenvalue weighted by Gasteiger charge is -2.46. The molecule has 4 rings (SSSR count). The normalized spacial score (nSPS) is 28.9. The van der Waals surface area contributed by atoms with Crippen LogP contribution < -0.4 is 0 Å². The zero-order valence-electron chi connectivity index (χ0n) is 33.2. The number of benzene rings is 1. The third-order valence-corrected chi connectivity index (χ3v) is 23.5. The van der Waals surface area contributed by atoms with Crippen LogP contribution in [0.5, 0.6) is 0 Å². The van der Waals surface area contributed by atoms with Crippen LogP contribution in [-0.4, -0.2) is 43.9 Å². The molecule has 0 unspecified atom stereocenters. The molecule has 1 aromatic rings. The lowest BCUT2D eigenvalue weighted by molar-refractivity contribution is 0.0760. The Balaban J connectivity index is 1.54. The molecule has 3 fully saturated rings. The fraction of sp³-hybridized carbons (Fsp3) is 0.707. The molecule has 0 aromatic heterocycles. The van der Waals surface area contributed by atoms with Gasteiger partial charge in [0.1, 0.15) is 0 Å². The van der Waals surface area contributed by atoms with E-state index in [1.54, 1.807) is 17.7 Å². The van der Waals surface area contributed by atoms with Crippen LogP contribution in [-0.2, 0) is 23.2 Å². The van der Waals surface area contributed by atoms with Gasteiger partial charge < -0.3 is 8.85 Å². The van der Waals surface area contributed by atoms with E-state index >= 15 is 0 Å². The third-order valence-electron chi connectivity index (χ3n) is 13.3. The van der Waals surface area contributed by atoms with Crippen molar-refractivity contribution in [3.8, 4) is 0 Å². The summed E-state index contributed by atoms with van der Waals surface area (Å²) in [5.74, 6) is 1.08. The van der Waals surface area contributed by atoms with Gasteiger partial charge in [0.15, 0.2) is 16.6 Å². The van der Waals surface area contributed by atoms with Crippen molar-refractivity contribution in [3.63, 3.8) is 0 Å². The van der Waals surface area contributed by atoms with Crippen molar-refractivity contribution in [1.29, 1.82) is 0 Å². The molecule has 6 atom stereocenters. The Morgan fingerprint density at radius 2 is 1.45 bits per heavy atom. The van der Waals surface area contributed by atoms with Gasteiger partial charge in [-0.2, -0.15) is 8.42 Å². The molecule has 3 aliphatic carbocycles. The molecule has 5 nitrogen and oxygen atoms in total. The Bertz CT molecular complexity index is 1470. The molecule has 0 N–H and O–H groups in total. The fourth-order valence-electron chi connectivity index (χ4n) is 7.99. The smallest absolute Gasteiger partial charge is 0.296 e. The maximum absolute atomic E-state index is 13.0. The van der Waals surface area contributed by atoms with Crippen LogP contribution >= 0.6 is 0 Å². The molecule has 1 aromatic carbocycles. The van der Waals surface area contributed by atoms with Gasteiger partial charge >= 0.3 is 0 Å². The van der Waals surface area contributed by atoms with E-state index in [1.807, 2.05) is 19.1 Å². The van der Waals surface area contributed by atoms with Gasteiger partial charge in [-0.1, -0.05) is 103 Å². The van der Waals surface area contributed by atoms with Crippen molar-refractivity contribution in [2.75, 3.05) is 6.61 Å². The van der Waals surface area contributed by atoms with Crippen LogP contribution in [0.4, 0.5) is 0 Å². The minimum Gasteiger partial charge on any atom is -0.410 e. The Hall–Kier alpha value is -1.30. The van der Waals surface area contributed by atoms with Crippen molar-refractivity contribution in [2.24, 2.45) is 23.2 Å². The number of allylic oxidation sites excluding steroid dienone is 3. The predicted molar refractivity (Wildman–Crippen MR) is 210 cm³/mol. The van der Waals surface area contributed by atoms with Crippen LogP contribution in [0.15, 0.2) is 64.6 Å². The second-order valence-electron chi connectivity index (χ2n) is 18.9. The van der Waals surface area contributed by atoms with E-state index in [0.717, 1.165) is 43.2 Å². The first-order chi connectivity index (χ1) is 22.4. The number of hydrogen-bond acceptors (Lipinski definition) is 5. The van der Waals surface area contributed by atoms with Crippen LogP contribution in [0.25, 0.3) is 0 Å². The summed E-state index contributed by atoms with van der Waals surface area (Å²) in [5.41, 5.74) is 5.24. The molecule has 49 heavy (non-hydrogen) atoms. The van der Waals surface area contributed by atoms with E-state index < -0.39 is 26.8 Å². The summed E-state index contributed by atoms with van der Waals surface area (Å²) in [6.07, 6.45) is 12.3. The van der Waals surface area contributed by atoms with Crippen molar-refractivity contribution in [3.05, 3.63) is 65.3 Å². The highest BCUT2D eigenvalue weighted by atomic mass is 32.2. The summed E-state index contributed by atoms with van der Waals surface area (Å²) < 4.78 is 45.8. The highest BCUT2D eigenvalue weighted by molar-refractivity contribution is 7.86. The minimum absolute atomic E-state index is 0.0291. The van der Waals surface area contributed by atoms with Crippen LogP contribution in [0, 0.1) is 30.1 Å². The molecule has 276 valence electrons. The molecule has 3 aliphatic rings. The minimum atomic E-state index is -3.78. The van der Waals surface area contributed by atoms with Gasteiger partial charge in [-0.25, -0.2) is 0 Å². The first-order valence-corrected chi connectivity index (χ1v) is 26.0. The Labute approximate surface area is 302 Å². The van der Waals surface area contributed by atoms with E-state index in [-0.39, 0.29) is 45.1 Å². The predicted octanol–water partition coefficient (Wildman–Crippen LogP) is 11.5. The van der Waals surface area contributed by atoms with E-state index in [1.165, 1.54) is 18.4 Å². The Morgan fingerprint density at radius 1 is 0.918 bits per heavy atom. The van der Waals surface area contributed by atoms with E-state index in [4.69, 9.17) is 13.0 Å². The van der Waals surface area contributed by atoms with Crippen molar-refractivity contribution in [1.82, 2.24) is 0 Å². The van der Waals surface area contributed by atoms with Crippen LogP contribution in [0.1, 0.15) is 106 Å². The molecular formula is C41H68O5SSi2. The average molecular weight is 729 g/mol. The second-order valence-corrected chi connectivity index (χ2v) is 30.0. The molecule has 0 bridgehead atoms. The fourth-order valence-corrected chi connectivity index (χ4v) is 11.6. The summed E-state index contributed by atoms with van der Waals surface area (Å²) in [6.45, 7) is 34.6. The summed E-state index contributed by atoms with van der Waals surface area (Å²) in [7, 11) is -7.83. The number of fused-ring (bicyclic) bond motifs is 1. The highest BCUT2D eigenvalue weighted by Gasteiger charge is 2.51. The van der Waals surface area contributed by atoms with Gasteiger partial charge in [0.05, 0.1) is 23.7 Å².